The predicted octanol–water partition coefficient (Wildman–Crippen LogP) is 4.73. The first-order valence-electron chi connectivity index (χ1n) is 13.1. The number of nitrogens with zero attached hydrogens (tertiary/aromatic N) is 3. The Morgan fingerprint density at radius 2 is 1.35 bits per heavy atom. The summed E-state index contributed by atoms with van der Waals surface area (Å²) in [6.07, 6.45) is 1.11. The number of sulfonamides is 2. The van der Waals surface area contributed by atoms with Crippen LogP contribution in [0.5, 0.6) is 0 Å². The SMILES string of the molecule is O=S(=O)(c1ccccc1Cl)N(c1cccc(CN2CCN(CC3CCOC3)CC2)c1)S(=O)(=O)c1ccccc1Cl. The number of anilines is 1. The highest BCUT2D eigenvalue weighted by molar-refractivity contribution is 8.10. The molecule has 0 aliphatic carbocycles. The number of rotatable bonds is 9. The third kappa shape index (κ3) is 6.33. The van der Waals surface area contributed by atoms with Gasteiger partial charge in [-0.3, -0.25) is 4.90 Å². The smallest absolute Gasteiger partial charge is 0.279 e. The average molecular weight is 625 g/mol. The maximum absolute atomic E-state index is 14.0. The fourth-order valence-corrected chi connectivity index (χ4v) is 9.78. The minimum absolute atomic E-state index is 0.0165. The van der Waals surface area contributed by atoms with E-state index in [0.29, 0.717) is 16.2 Å². The topological polar surface area (TPSA) is 87.2 Å². The largest absolute Gasteiger partial charge is 0.381 e. The van der Waals surface area contributed by atoms with Crippen LogP contribution in [0.15, 0.2) is 82.6 Å². The summed E-state index contributed by atoms with van der Waals surface area (Å²) in [5.74, 6) is 0.592. The molecule has 8 nitrogen and oxygen atoms in total. The number of benzene rings is 3. The van der Waals surface area contributed by atoms with Crippen LogP contribution in [0.3, 0.4) is 0 Å². The summed E-state index contributed by atoms with van der Waals surface area (Å²) >= 11 is 12.5. The third-order valence-corrected chi connectivity index (χ3v) is 12.4. The molecule has 3 aromatic rings. The van der Waals surface area contributed by atoms with E-state index in [-0.39, 0.29) is 25.5 Å². The molecule has 2 saturated heterocycles. The van der Waals surface area contributed by atoms with Gasteiger partial charge in [0.15, 0.2) is 0 Å². The van der Waals surface area contributed by atoms with Gasteiger partial charge in [0.1, 0.15) is 9.79 Å². The molecule has 2 aliphatic rings. The van der Waals surface area contributed by atoms with Crippen molar-refractivity contribution in [3.05, 3.63) is 88.4 Å². The van der Waals surface area contributed by atoms with Gasteiger partial charge in [0.2, 0.25) is 0 Å². The fraction of sp³-hybridized carbons (Fsp3) is 0.357. The molecule has 0 bridgehead atoms. The van der Waals surface area contributed by atoms with E-state index in [0.717, 1.165) is 57.9 Å². The maximum atomic E-state index is 14.0. The van der Waals surface area contributed by atoms with Gasteiger partial charge in [-0.2, -0.15) is 20.5 Å². The van der Waals surface area contributed by atoms with Crippen LogP contribution in [0.4, 0.5) is 5.69 Å². The maximum Gasteiger partial charge on any atom is 0.279 e. The summed E-state index contributed by atoms with van der Waals surface area (Å²) < 4.78 is 61.8. The fourth-order valence-electron chi connectivity index (χ4n) is 5.14. The molecular weight excluding hydrogens is 593 g/mol. The summed E-state index contributed by atoms with van der Waals surface area (Å²) in [7, 11) is -9.30. The van der Waals surface area contributed by atoms with Gasteiger partial charge in [0.25, 0.3) is 20.0 Å². The lowest BCUT2D eigenvalue weighted by Gasteiger charge is -2.35. The van der Waals surface area contributed by atoms with Crippen LogP contribution in [0, 0.1) is 5.92 Å². The first-order valence-corrected chi connectivity index (χ1v) is 16.7. The number of hydrogen-bond acceptors (Lipinski definition) is 7. The average Bonchev–Trinajstić information content (AvgIpc) is 3.43. The van der Waals surface area contributed by atoms with Crippen molar-refractivity contribution in [1.29, 1.82) is 0 Å². The molecular formula is C28H31Cl2N3O5S2. The molecule has 0 N–H and O–H groups in total. The van der Waals surface area contributed by atoms with Crippen LogP contribution in [-0.4, -0.2) is 72.6 Å². The van der Waals surface area contributed by atoms with Gasteiger partial charge in [0.05, 0.1) is 22.3 Å². The Hall–Kier alpha value is -2.18. The quantitative estimate of drug-likeness (QED) is 0.340. The second kappa shape index (κ2) is 12.4. The highest BCUT2D eigenvalue weighted by Gasteiger charge is 2.39. The van der Waals surface area contributed by atoms with Crippen LogP contribution >= 0.6 is 23.2 Å². The van der Waals surface area contributed by atoms with E-state index in [2.05, 4.69) is 9.80 Å². The van der Waals surface area contributed by atoms with Crippen LogP contribution in [0.2, 0.25) is 10.0 Å². The molecule has 0 spiro atoms. The van der Waals surface area contributed by atoms with E-state index >= 15 is 0 Å². The highest BCUT2D eigenvalue weighted by atomic mass is 35.5. The Kier molecular flexibility index (Phi) is 9.06. The monoisotopic (exact) mass is 623 g/mol. The number of hydrogen-bond donors (Lipinski definition) is 0. The molecule has 0 aromatic heterocycles. The van der Waals surface area contributed by atoms with Crippen molar-refractivity contribution in [3.8, 4) is 0 Å². The predicted molar refractivity (Wildman–Crippen MR) is 157 cm³/mol. The van der Waals surface area contributed by atoms with Crippen LogP contribution in [-0.2, 0) is 31.3 Å². The van der Waals surface area contributed by atoms with Gasteiger partial charge < -0.3 is 9.64 Å². The third-order valence-electron chi connectivity index (χ3n) is 7.20. The number of halogens is 2. The molecule has 3 aromatic carbocycles. The van der Waals surface area contributed by atoms with Crippen molar-refractivity contribution < 1.29 is 21.6 Å². The van der Waals surface area contributed by atoms with Crippen molar-refractivity contribution >= 4 is 48.9 Å². The van der Waals surface area contributed by atoms with E-state index in [1.54, 1.807) is 24.3 Å². The molecule has 214 valence electrons. The lowest BCUT2D eigenvalue weighted by atomic mass is 10.1. The summed E-state index contributed by atoms with van der Waals surface area (Å²) in [5.41, 5.74) is 0.779. The minimum Gasteiger partial charge on any atom is -0.381 e. The lowest BCUT2D eigenvalue weighted by Crippen LogP contribution is -2.47. The van der Waals surface area contributed by atoms with Crippen LogP contribution in [0.25, 0.3) is 0 Å². The molecule has 0 radical (unpaired) electrons. The Balaban J connectivity index is 1.44. The molecule has 2 aliphatic heterocycles. The molecule has 1 unspecified atom stereocenters. The van der Waals surface area contributed by atoms with Crippen molar-refractivity contribution in [1.82, 2.24) is 9.80 Å². The molecule has 5 rings (SSSR count). The standard InChI is InChI=1S/C28H31Cl2N3O5S2/c29-25-8-1-3-10-27(25)39(34,35)33(40(36,37)28-11-4-2-9-26(28)30)24-7-5-6-22(18-24)19-31-13-15-32(16-14-31)20-23-12-17-38-21-23/h1-11,18,23H,12-17,19-21H2. The molecule has 2 fully saturated rings. The Labute approximate surface area is 246 Å². The van der Waals surface area contributed by atoms with E-state index in [4.69, 9.17) is 27.9 Å². The van der Waals surface area contributed by atoms with Gasteiger partial charge in [-0.1, -0.05) is 59.6 Å². The van der Waals surface area contributed by atoms with Crippen molar-refractivity contribution in [2.45, 2.75) is 22.8 Å². The van der Waals surface area contributed by atoms with E-state index < -0.39 is 20.0 Å². The van der Waals surface area contributed by atoms with Crippen LogP contribution < -0.4 is 3.71 Å². The van der Waals surface area contributed by atoms with Gasteiger partial charge in [-0.15, -0.1) is 0 Å². The zero-order valence-electron chi connectivity index (χ0n) is 21.8. The molecule has 2 heterocycles. The second-order valence-electron chi connectivity index (χ2n) is 10.0. The van der Waals surface area contributed by atoms with Crippen molar-refractivity contribution in [2.75, 3.05) is 49.6 Å². The Bertz CT molecular complexity index is 1480. The van der Waals surface area contributed by atoms with Gasteiger partial charge in [0, 0.05) is 45.9 Å². The lowest BCUT2D eigenvalue weighted by molar-refractivity contribution is 0.107. The first-order chi connectivity index (χ1) is 19.2. The first kappa shape index (κ1) is 29.3. The number of piperazine rings is 1. The normalized spacial score (nSPS) is 19.1. The van der Waals surface area contributed by atoms with Crippen molar-refractivity contribution in [2.24, 2.45) is 5.92 Å². The van der Waals surface area contributed by atoms with E-state index in [1.165, 1.54) is 42.5 Å². The van der Waals surface area contributed by atoms with Gasteiger partial charge >= 0.3 is 0 Å². The molecule has 0 amide bonds. The summed E-state index contributed by atoms with van der Waals surface area (Å²) in [6.45, 7) is 6.86. The molecule has 40 heavy (non-hydrogen) atoms. The summed E-state index contributed by atoms with van der Waals surface area (Å²) in [6, 6.07) is 18.1. The Morgan fingerprint density at radius 1 is 0.775 bits per heavy atom. The van der Waals surface area contributed by atoms with Gasteiger partial charge in [-0.25, -0.2) is 0 Å². The zero-order chi connectivity index (χ0) is 28.3. The Morgan fingerprint density at radius 3 is 1.90 bits per heavy atom. The van der Waals surface area contributed by atoms with Crippen LogP contribution in [0.1, 0.15) is 12.0 Å². The zero-order valence-corrected chi connectivity index (χ0v) is 25.0. The van der Waals surface area contributed by atoms with E-state index in [9.17, 15) is 16.8 Å². The number of ether oxygens (including phenoxy) is 1. The summed E-state index contributed by atoms with van der Waals surface area (Å²) in [4.78, 5) is 4.11. The highest BCUT2D eigenvalue weighted by Crippen LogP contribution is 2.36. The van der Waals surface area contributed by atoms with Crippen molar-refractivity contribution in [3.63, 3.8) is 0 Å². The molecule has 0 saturated carbocycles. The molecule has 1 atom stereocenters. The van der Waals surface area contributed by atoms with E-state index in [1.807, 2.05) is 6.07 Å². The summed E-state index contributed by atoms with van der Waals surface area (Å²) in [5, 5.41) is -0.167. The second-order valence-corrected chi connectivity index (χ2v) is 14.6. The minimum atomic E-state index is -4.65. The van der Waals surface area contributed by atoms with Gasteiger partial charge in [-0.05, 0) is 54.3 Å². The molecule has 12 heteroatoms.